The number of hydrogen-bond donors (Lipinski definition) is 13. The number of phenolic OH excluding ortho intramolecular Hbond substituents is 5. The Bertz CT molecular complexity index is 2220. The number of esters is 1. The summed E-state index contributed by atoms with van der Waals surface area (Å²) in [6.45, 7) is -2.01. The zero-order valence-electron chi connectivity index (χ0n) is 34.0. The molecule has 0 spiro atoms. The van der Waals surface area contributed by atoms with Crippen LogP contribution in [0.5, 0.6) is 40.2 Å². The largest absolute Gasteiger partial charge is 0.508 e. The summed E-state index contributed by atoms with van der Waals surface area (Å²) < 4.78 is 51.0. The molecule has 2 unspecified atom stereocenters. The molecule has 354 valence electrons. The van der Waals surface area contributed by atoms with Gasteiger partial charge in [0.25, 0.3) is 0 Å². The highest BCUT2D eigenvalue weighted by Gasteiger charge is 2.51. The van der Waals surface area contributed by atoms with Gasteiger partial charge in [-0.25, -0.2) is 4.79 Å². The Morgan fingerprint density at radius 3 is 2.02 bits per heavy atom. The lowest BCUT2D eigenvalue weighted by Gasteiger charge is -2.44. The summed E-state index contributed by atoms with van der Waals surface area (Å²) in [5.41, 5.74) is 0.612. The van der Waals surface area contributed by atoms with Gasteiger partial charge in [-0.05, 0) is 42.0 Å². The zero-order valence-corrected chi connectivity index (χ0v) is 34.0. The van der Waals surface area contributed by atoms with Crippen LogP contribution in [0.3, 0.4) is 0 Å². The summed E-state index contributed by atoms with van der Waals surface area (Å²) in [7, 11) is 1.35. The first-order valence-electron chi connectivity index (χ1n) is 19.9. The fraction of sp³-hybridized carbons (Fsp3) is 0.452. The summed E-state index contributed by atoms with van der Waals surface area (Å²) in [5.74, 6) is -3.00. The number of benzene rings is 3. The van der Waals surface area contributed by atoms with E-state index in [9.17, 15) is 71.2 Å². The van der Waals surface area contributed by atoms with E-state index >= 15 is 0 Å². The van der Waals surface area contributed by atoms with Crippen LogP contribution in [0.1, 0.15) is 22.8 Å². The molecule has 3 fully saturated rings. The lowest BCUT2D eigenvalue weighted by atomic mass is 9.97. The molecule has 3 saturated heterocycles. The second-order valence-electron chi connectivity index (χ2n) is 15.4. The summed E-state index contributed by atoms with van der Waals surface area (Å²) in [6.07, 6.45) is -22.0. The quantitative estimate of drug-likeness (QED) is 0.0475. The van der Waals surface area contributed by atoms with Gasteiger partial charge in [0, 0.05) is 23.8 Å². The first-order chi connectivity index (χ1) is 30.9. The molecule has 3 aromatic rings. The van der Waals surface area contributed by atoms with E-state index in [0.717, 1.165) is 24.3 Å². The van der Waals surface area contributed by atoms with Gasteiger partial charge in [0.2, 0.25) is 6.29 Å². The van der Waals surface area contributed by atoms with Crippen LogP contribution in [0.25, 0.3) is 12.2 Å². The van der Waals surface area contributed by atoms with E-state index < -0.39 is 135 Å². The van der Waals surface area contributed by atoms with Crippen LogP contribution in [0.4, 0.5) is 0 Å². The minimum atomic E-state index is -1.94. The first-order valence-corrected chi connectivity index (χ1v) is 19.9. The normalized spacial score (nSPS) is 33.5. The van der Waals surface area contributed by atoms with E-state index in [1.807, 2.05) is 0 Å². The highest BCUT2D eigenvalue weighted by atomic mass is 16.7. The number of hydrogen-bond acceptors (Lipinski definition) is 23. The van der Waals surface area contributed by atoms with Gasteiger partial charge in [0.1, 0.15) is 96.8 Å². The Morgan fingerprint density at radius 2 is 1.31 bits per heavy atom. The van der Waals surface area contributed by atoms with Crippen molar-refractivity contribution in [2.45, 2.75) is 92.1 Å². The second-order valence-corrected chi connectivity index (χ2v) is 15.4. The topological polar surface area (TPSA) is 363 Å². The molecule has 15 atom stereocenters. The van der Waals surface area contributed by atoms with Gasteiger partial charge in [-0.3, -0.25) is 0 Å². The van der Waals surface area contributed by atoms with Crippen molar-refractivity contribution in [3.8, 4) is 40.2 Å². The van der Waals surface area contributed by atoms with Crippen LogP contribution in [0.15, 0.2) is 60.4 Å². The minimum absolute atomic E-state index is 0.00492. The van der Waals surface area contributed by atoms with Gasteiger partial charge in [0.15, 0.2) is 41.7 Å². The number of ether oxygens (including phenoxy) is 9. The number of aromatic hydroxyl groups is 5. The van der Waals surface area contributed by atoms with Crippen LogP contribution in [-0.2, 0) is 38.0 Å². The molecule has 23 heteroatoms. The molecule has 23 nitrogen and oxygen atoms in total. The van der Waals surface area contributed by atoms with Crippen LogP contribution in [0, 0.1) is 0 Å². The van der Waals surface area contributed by atoms with E-state index in [1.54, 1.807) is 0 Å². The number of aliphatic hydroxyl groups excluding tert-OH is 8. The van der Waals surface area contributed by atoms with E-state index in [-0.39, 0.29) is 39.9 Å². The molecule has 0 amide bonds. The molecule has 4 aliphatic heterocycles. The van der Waals surface area contributed by atoms with E-state index in [2.05, 4.69) is 0 Å². The number of fused-ring (bicyclic) bond motifs is 1. The Balaban J connectivity index is 1.09. The Morgan fingerprint density at radius 1 is 0.646 bits per heavy atom. The van der Waals surface area contributed by atoms with Crippen LogP contribution in [-0.4, -0.2) is 185 Å². The van der Waals surface area contributed by atoms with Crippen molar-refractivity contribution in [1.29, 1.82) is 0 Å². The molecule has 4 aliphatic rings. The molecule has 3 aromatic carbocycles. The third-order valence-electron chi connectivity index (χ3n) is 11.0. The molecule has 0 radical (unpaired) electrons. The summed E-state index contributed by atoms with van der Waals surface area (Å²) in [5, 5.41) is 136. The van der Waals surface area contributed by atoms with E-state index in [1.165, 1.54) is 49.6 Å². The Hall–Kier alpha value is -5.51. The average Bonchev–Trinajstić information content (AvgIpc) is 3.52. The summed E-state index contributed by atoms with van der Waals surface area (Å²) in [6, 6.07) is 10.1. The zero-order chi connectivity index (χ0) is 46.9. The van der Waals surface area contributed by atoms with Gasteiger partial charge in [-0.2, -0.15) is 0 Å². The number of carbonyl (C=O) groups excluding carboxylic acids is 1. The third kappa shape index (κ3) is 10.3. The van der Waals surface area contributed by atoms with Gasteiger partial charge >= 0.3 is 5.97 Å². The number of methoxy groups -OCH3 is 1. The van der Waals surface area contributed by atoms with Gasteiger partial charge < -0.3 is 109 Å². The Kier molecular flexibility index (Phi) is 14.5. The van der Waals surface area contributed by atoms with Crippen LogP contribution in [0.2, 0.25) is 0 Å². The third-order valence-corrected chi connectivity index (χ3v) is 11.0. The summed E-state index contributed by atoms with van der Waals surface area (Å²) in [4.78, 5) is 12.5. The predicted molar refractivity (Wildman–Crippen MR) is 213 cm³/mol. The molecular weight excluding hydrogens is 872 g/mol. The minimum Gasteiger partial charge on any atom is -0.508 e. The van der Waals surface area contributed by atoms with Gasteiger partial charge in [-0.1, -0.05) is 12.1 Å². The van der Waals surface area contributed by atoms with Crippen LogP contribution < -0.4 is 9.47 Å². The highest BCUT2D eigenvalue weighted by molar-refractivity contribution is 5.87. The monoisotopic (exact) mass is 920 g/mol. The molecule has 7 rings (SSSR count). The first kappa shape index (κ1) is 47.5. The SMILES string of the molecule is COc1cc(/C=C/C(=O)OC[C@H]2O[C@@H](OC[C@H]3O[C@@H](OC4=Cc5c(O)cc(O)cc5OC4c4ccc(O)c(O)c4)[C@H](OCC4O[C@@H](O)[C@H](O)[C@H]4O)[C@@H](O)[C@H]3O)[C@H](O)[C@@H](O)[C@@H]2O)ccc1O. The van der Waals surface area contributed by atoms with E-state index in [4.69, 9.17) is 42.6 Å². The molecular formula is C42H48O23. The van der Waals surface area contributed by atoms with Crippen molar-refractivity contribution in [2.24, 2.45) is 0 Å². The molecule has 0 bridgehead atoms. The van der Waals surface area contributed by atoms with Crippen LogP contribution >= 0.6 is 0 Å². The predicted octanol–water partition coefficient (Wildman–Crippen LogP) is -1.93. The average molecular weight is 921 g/mol. The Labute approximate surface area is 367 Å². The number of aliphatic hydroxyl groups is 8. The fourth-order valence-corrected chi connectivity index (χ4v) is 7.35. The number of phenols is 5. The fourth-order valence-electron chi connectivity index (χ4n) is 7.35. The molecule has 13 N–H and O–H groups in total. The number of rotatable bonds is 14. The smallest absolute Gasteiger partial charge is 0.330 e. The van der Waals surface area contributed by atoms with E-state index in [0.29, 0.717) is 5.56 Å². The lowest BCUT2D eigenvalue weighted by Crippen LogP contribution is -2.62. The van der Waals surface area contributed by atoms with Gasteiger partial charge in [0.05, 0.1) is 25.9 Å². The van der Waals surface area contributed by atoms with Crippen molar-refractivity contribution in [1.82, 2.24) is 0 Å². The lowest BCUT2D eigenvalue weighted by molar-refractivity contribution is -0.333. The molecule has 4 heterocycles. The standard InChI is InChI=1S/C42H48O23/c1-57-25-8-16(2-5-21(25)45)3-7-30(48)58-13-28-31(49)34(52)37(55)41(64-28)60-15-29-32(50)35(53)39(59-14-27-33(51)36(54)40(56)62-27)42(65-29)63-26-12-19-22(46)10-18(43)11-24(19)61-38(26)17-4-6-20(44)23(47)9-17/h2-12,27-29,31-47,49-56H,13-15H2,1H3/b7-3+/t27?,28-,29-,31-,32+,33+,34+,35+,36-,37-,38?,39-,40-,41-,42-/m1/s1. The van der Waals surface area contributed by atoms with Crippen molar-refractivity contribution in [3.05, 3.63) is 77.1 Å². The molecule has 0 aromatic heterocycles. The van der Waals surface area contributed by atoms with Crippen molar-refractivity contribution < 1.29 is 114 Å². The maximum atomic E-state index is 12.5. The molecule has 0 aliphatic carbocycles. The summed E-state index contributed by atoms with van der Waals surface area (Å²) >= 11 is 0. The highest BCUT2D eigenvalue weighted by Crippen LogP contribution is 2.46. The van der Waals surface area contributed by atoms with Crippen molar-refractivity contribution in [3.63, 3.8) is 0 Å². The van der Waals surface area contributed by atoms with Gasteiger partial charge in [-0.15, -0.1) is 0 Å². The second kappa shape index (κ2) is 19.9. The molecule has 0 saturated carbocycles. The maximum absolute atomic E-state index is 12.5. The van der Waals surface area contributed by atoms with Crippen molar-refractivity contribution >= 4 is 18.1 Å². The number of carbonyl (C=O) groups is 1. The molecule has 65 heavy (non-hydrogen) atoms. The van der Waals surface area contributed by atoms with Crippen molar-refractivity contribution in [2.75, 3.05) is 26.9 Å². The maximum Gasteiger partial charge on any atom is 0.330 e.